The maximum atomic E-state index is 11.4. The number of carbonyl (C=O) groups is 4. The molecule has 2 N–H and O–H groups in total. The van der Waals surface area contributed by atoms with Gasteiger partial charge in [0.1, 0.15) is 6.54 Å². The second kappa shape index (κ2) is 8.41. The number of esters is 1. The van der Waals surface area contributed by atoms with E-state index in [9.17, 15) is 19.2 Å². The molecule has 1 heterocycles. The minimum absolute atomic E-state index is 0.176. The number of carbonyl (C=O) groups excluding carboxylic acids is 4. The highest BCUT2D eigenvalue weighted by atomic mass is 32.2. The molecule has 9 heteroatoms. The highest BCUT2D eigenvalue weighted by molar-refractivity contribution is 8.13. The molecule has 0 atom stereocenters. The number of thioether (sulfide) groups is 1. The van der Waals surface area contributed by atoms with Crippen molar-refractivity contribution >= 4 is 34.9 Å². The largest absolute Gasteiger partial charge is 0.454 e. The van der Waals surface area contributed by atoms with Crippen molar-refractivity contribution in [1.82, 2.24) is 15.5 Å². The van der Waals surface area contributed by atoms with Crippen molar-refractivity contribution in [3.63, 3.8) is 0 Å². The summed E-state index contributed by atoms with van der Waals surface area (Å²) in [5.74, 6) is -0.747. The molecule has 0 aromatic rings. The summed E-state index contributed by atoms with van der Waals surface area (Å²) in [6, 6.07) is -0.626. The van der Waals surface area contributed by atoms with Crippen molar-refractivity contribution in [3.05, 3.63) is 0 Å². The summed E-state index contributed by atoms with van der Waals surface area (Å²) in [7, 11) is 0. The number of nitrogens with zero attached hydrogens (tertiary/aromatic N) is 1. The van der Waals surface area contributed by atoms with Gasteiger partial charge in [-0.2, -0.15) is 0 Å². The summed E-state index contributed by atoms with van der Waals surface area (Å²) in [5, 5.41) is 4.29. The second-order valence-corrected chi connectivity index (χ2v) is 5.05. The van der Waals surface area contributed by atoms with Crippen LogP contribution in [-0.2, 0) is 14.3 Å². The first kappa shape index (κ1) is 16.3. The number of hydrogen-bond donors (Lipinski definition) is 2. The van der Waals surface area contributed by atoms with Gasteiger partial charge in [0.15, 0.2) is 6.61 Å². The molecule has 1 fully saturated rings. The summed E-state index contributed by atoms with van der Waals surface area (Å²) < 4.78 is 4.69. The molecule has 8 nitrogen and oxygen atoms in total. The Hall–Kier alpha value is -1.77. The van der Waals surface area contributed by atoms with Crippen LogP contribution in [0.25, 0.3) is 0 Å². The third-order valence-corrected chi connectivity index (χ3v) is 3.21. The van der Waals surface area contributed by atoms with Gasteiger partial charge in [0.2, 0.25) is 0 Å². The molecule has 0 spiro atoms. The minimum Gasteiger partial charge on any atom is -0.454 e. The predicted molar refractivity (Wildman–Crippen MR) is 72.2 cm³/mol. The van der Waals surface area contributed by atoms with Crippen LogP contribution in [-0.4, -0.2) is 60.0 Å². The lowest BCUT2D eigenvalue weighted by Crippen LogP contribution is -2.42. The maximum absolute atomic E-state index is 11.4. The van der Waals surface area contributed by atoms with Crippen molar-refractivity contribution in [3.8, 4) is 0 Å². The Morgan fingerprint density at radius 3 is 2.75 bits per heavy atom. The molecule has 1 saturated heterocycles. The predicted octanol–water partition coefficient (Wildman–Crippen LogP) is -0.0658. The van der Waals surface area contributed by atoms with E-state index in [1.807, 2.05) is 12.2 Å². The number of ether oxygens (including phenoxy) is 1. The molecule has 0 saturated carbocycles. The van der Waals surface area contributed by atoms with Crippen LogP contribution < -0.4 is 10.6 Å². The summed E-state index contributed by atoms with van der Waals surface area (Å²) >= 11 is 1.13. The zero-order valence-corrected chi connectivity index (χ0v) is 12.0. The molecule has 0 aliphatic carbocycles. The smallest absolute Gasteiger partial charge is 0.326 e. The molecule has 112 valence electrons. The van der Waals surface area contributed by atoms with Crippen LogP contribution in [0.3, 0.4) is 0 Å². The molecule has 1 rings (SSSR count). The fraction of sp³-hybridized carbons (Fsp3) is 0.636. The molecular formula is C11H17N3O5S. The van der Waals surface area contributed by atoms with E-state index in [1.54, 1.807) is 0 Å². The van der Waals surface area contributed by atoms with E-state index in [0.29, 0.717) is 18.8 Å². The zero-order chi connectivity index (χ0) is 15.0. The number of rotatable bonds is 6. The second-order valence-electron chi connectivity index (χ2n) is 4.00. The average Bonchev–Trinajstić information content (AvgIpc) is 2.79. The van der Waals surface area contributed by atoms with Gasteiger partial charge in [-0.3, -0.25) is 19.7 Å². The Kier molecular flexibility index (Phi) is 6.85. The van der Waals surface area contributed by atoms with E-state index in [0.717, 1.165) is 18.2 Å². The van der Waals surface area contributed by atoms with Crippen molar-refractivity contribution in [2.75, 3.05) is 32.0 Å². The summed E-state index contributed by atoms with van der Waals surface area (Å²) in [6.45, 7) is 2.09. The lowest BCUT2D eigenvalue weighted by atomic mass is 10.5. The van der Waals surface area contributed by atoms with Gasteiger partial charge in [-0.05, 0) is 6.42 Å². The van der Waals surface area contributed by atoms with Crippen molar-refractivity contribution in [2.24, 2.45) is 0 Å². The Morgan fingerprint density at radius 1 is 1.40 bits per heavy atom. The average molecular weight is 303 g/mol. The van der Waals surface area contributed by atoms with Crippen LogP contribution in [0.5, 0.6) is 0 Å². The topological polar surface area (TPSA) is 105 Å². The van der Waals surface area contributed by atoms with Crippen LogP contribution in [0.2, 0.25) is 0 Å². The Morgan fingerprint density at radius 2 is 2.15 bits per heavy atom. The van der Waals surface area contributed by atoms with Crippen LogP contribution in [0.1, 0.15) is 13.3 Å². The number of urea groups is 1. The third-order valence-electron chi connectivity index (χ3n) is 2.32. The summed E-state index contributed by atoms with van der Waals surface area (Å²) in [5.41, 5.74) is 0. The highest BCUT2D eigenvalue weighted by Gasteiger charge is 2.24. The molecule has 0 aromatic carbocycles. The number of hydrogen-bond acceptors (Lipinski definition) is 6. The molecule has 0 unspecified atom stereocenters. The van der Waals surface area contributed by atoms with Gasteiger partial charge in [-0.1, -0.05) is 18.7 Å². The number of nitrogens with one attached hydrogen (secondary N) is 2. The van der Waals surface area contributed by atoms with Crippen LogP contribution in [0.15, 0.2) is 0 Å². The standard InChI is InChI=1S/C11H17N3O5S/c1-2-3-12-10(17)13-8(15)7-19-9(16)6-14-4-5-20-11(14)18/h2-7H2,1H3,(H2,12,13,15,17). The highest BCUT2D eigenvalue weighted by Crippen LogP contribution is 2.16. The third kappa shape index (κ3) is 5.91. The van der Waals surface area contributed by atoms with E-state index in [1.165, 1.54) is 4.90 Å². The summed E-state index contributed by atoms with van der Waals surface area (Å²) in [4.78, 5) is 46.4. The summed E-state index contributed by atoms with van der Waals surface area (Å²) in [6.07, 6.45) is 0.748. The van der Waals surface area contributed by atoms with Crippen molar-refractivity contribution < 1.29 is 23.9 Å². The lowest BCUT2D eigenvalue weighted by molar-refractivity contribution is -0.148. The van der Waals surface area contributed by atoms with Crippen LogP contribution in [0.4, 0.5) is 9.59 Å². The van der Waals surface area contributed by atoms with Gasteiger partial charge in [0, 0.05) is 18.8 Å². The Labute approximate surface area is 120 Å². The van der Waals surface area contributed by atoms with E-state index in [4.69, 9.17) is 0 Å². The zero-order valence-electron chi connectivity index (χ0n) is 11.1. The van der Waals surface area contributed by atoms with E-state index < -0.39 is 24.5 Å². The molecule has 4 amide bonds. The van der Waals surface area contributed by atoms with Gasteiger partial charge in [-0.15, -0.1) is 0 Å². The SMILES string of the molecule is CCCNC(=O)NC(=O)COC(=O)CN1CCSC1=O. The Balaban J connectivity index is 2.18. The van der Waals surface area contributed by atoms with Crippen molar-refractivity contribution in [1.29, 1.82) is 0 Å². The van der Waals surface area contributed by atoms with Gasteiger partial charge >= 0.3 is 12.0 Å². The molecule has 1 aliphatic heterocycles. The fourth-order valence-corrected chi connectivity index (χ4v) is 2.19. The monoisotopic (exact) mass is 303 g/mol. The molecule has 0 bridgehead atoms. The van der Waals surface area contributed by atoms with Gasteiger partial charge < -0.3 is 15.0 Å². The first-order valence-electron chi connectivity index (χ1n) is 6.18. The maximum Gasteiger partial charge on any atom is 0.326 e. The molecular weight excluding hydrogens is 286 g/mol. The van der Waals surface area contributed by atoms with Crippen molar-refractivity contribution in [2.45, 2.75) is 13.3 Å². The normalized spacial score (nSPS) is 14.1. The molecule has 0 radical (unpaired) electrons. The van der Waals surface area contributed by atoms with Crippen LogP contribution >= 0.6 is 11.8 Å². The van der Waals surface area contributed by atoms with Gasteiger partial charge in [-0.25, -0.2) is 4.79 Å². The molecule has 1 aliphatic rings. The van der Waals surface area contributed by atoms with E-state index in [-0.39, 0.29) is 11.8 Å². The first-order valence-corrected chi connectivity index (χ1v) is 7.16. The fourth-order valence-electron chi connectivity index (χ4n) is 1.36. The number of amides is 4. The number of imide groups is 1. The quantitative estimate of drug-likeness (QED) is 0.666. The molecule has 0 aromatic heterocycles. The van der Waals surface area contributed by atoms with Gasteiger partial charge in [0.25, 0.3) is 11.1 Å². The minimum atomic E-state index is -0.714. The van der Waals surface area contributed by atoms with Crippen LogP contribution in [0, 0.1) is 0 Å². The Bertz CT molecular complexity index is 402. The first-order chi connectivity index (χ1) is 9.52. The lowest BCUT2D eigenvalue weighted by Gasteiger charge is -2.13. The molecule has 20 heavy (non-hydrogen) atoms. The van der Waals surface area contributed by atoms with Gasteiger partial charge in [0.05, 0.1) is 0 Å². The van der Waals surface area contributed by atoms with E-state index in [2.05, 4.69) is 10.1 Å². The van der Waals surface area contributed by atoms with E-state index >= 15 is 0 Å².